The zero-order valence-corrected chi connectivity index (χ0v) is 27.4. The Morgan fingerprint density at radius 3 is 2.35 bits per heavy atom. The lowest BCUT2D eigenvalue weighted by atomic mass is 9.97. The van der Waals surface area contributed by atoms with Gasteiger partial charge < -0.3 is 8.92 Å². The first-order valence-electron chi connectivity index (χ1n) is 13.5. The number of amides is 1. The molecule has 1 amide bonds. The van der Waals surface area contributed by atoms with Gasteiger partial charge in [0.15, 0.2) is 0 Å². The van der Waals surface area contributed by atoms with Gasteiger partial charge in [-0.2, -0.15) is 26.7 Å². The van der Waals surface area contributed by atoms with Crippen LogP contribution in [0.5, 0.6) is 5.88 Å². The number of ether oxygens (including phenoxy) is 1. The number of carbonyl (C=O) groups excluding carboxylic acids is 1. The molecule has 0 spiro atoms. The highest BCUT2D eigenvalue weighted by Crippen LogP contribution is 2.48. The third-order valence-electron chi connectivity index (χ3n) is 7.01. The molecule has 9 nitrogen and oxygen atoms in total. The van der Waals surface area contributed by atoms with E-state index in [2.05, 4.69) is 14.3 Å². The monoisotopic (exact) mass is 708 g/mol. The molecule has 248 valence electrons. The molecule has 0 aliphatic carbocycles. The first-order chi connectivity index (χ1) is 21.2. The van der Waals surface area contributed by atoms with Gasteiger partial charge in [0.05, 0.1) is 17.8 Å². The first-order valence-corrected chi connectivity index (χ1v) is 17.0. The van der Waals surface area contributed by atoms with E-state index in [9.17, 15) is 30.8 Å². The van der Waals surface area contributed by atoms with Crippen LogP contribution in [0.15, 0.2) is 28.5 Å². The molecule has 4 aromatic rings. The van der Waals surface area contributed by atoms with Crippen LogP contribution >= 0.6 is 23.1 Å². The molecule has 46 heavy (non-hydrogen) atoms. The van der Waals surface area contributed by atoms with E-state index in [0.717, 1.165) is 23.2 Å². The van der Waals surface area contributed by atoms with Gasteiger partial charge in [-0.05, 0) is 53.0 Å². The predicted octanol–water partition coefficient (Wildman–Crippen LogP) is 8.07. The number of pyridine rings is 1. The Bertz CT molecular complexity index is 1970. The number of carbonyl (C=O) groups is 1. The van der Waals surface area contributed by atoms with Crippen molar-refractivity contribution in [3.63, 3.8) is 0 Å². The van der Waals surface area contributed by atoms with Crippen LogP contribution in [0.1, 0.15) is 52.4 Å². The number of fused-ring (bicyclic) bond motifs is 2. The summed E-state index contributed by atoms with van der Waals surface area (Å²) < 4.78 is 121. The van der Waals surface area contributed by atoms with E-state index in [4.69, 9.17) is 4.74 Å². The second-order valence-corrected chi connectivity index (χ2v) is 14.7. The highest BCUT2D eigenvalue weighted by atomic mass is 32.2. The van der Waals surface area contributed by atoms with Crippen molar-refractivity contribution in [2.24, 2.45) is 0 Å². The van der Waals surface area contributed by atoms with Crippen molar-refractivity contribution in [3.8, 4) is 28.4 Å². The van der Waals surface area contributed by atoms with Gasteiger partial charge in [-0.25, -0.2) is 22.9 Å². The first kappa shape index (κ1) is 33.8. The third kappa shape index (κ3) is 6.01. The lowest BCUT2D eigenvalue weighted by Crippen LogP contribution is -2.45. The molecule has 4 heterocycles. The van der Waals surface area contributed by atoms with Crippen LogP contribution in [0, 0.1) is 17.5 Å². The van der Waals surface area contributed by atoms with E-state index < -0.39 is 78.5 Å². The summed E-state index contributed by atoms with van der Waals surface area (Å²) in [5.41, 5.74) is -7.47. The molecule has 18 heteroatoms. The predicted molar refractivity (Wildman–Crippen MR) is 160 cm³/mol. The maximum absolute atomic E-state index is 15.6. The largest absolute Gasteiger partial charge is 0.534 e. The van der Waals surface area contributed by atoms with Gasteiger partial charge in [-0.15, -0.1) is 23.1 Å². The molecule has 0 radical (unpaired) electrons. The van der Waals surface area contributed by atoms with Crippen molar-refractivity contribution in [1.82, 2.24) is 19.7 Å². The number of alkyl halides is 3. The van der Waals surface area contributed by atoms with Gasteiger partial charge in [-0.3, -0.25) is 9.58 Å². The average Bonchev–Trinajstić information content (AvgIpc) is 3.54. The maximum Gasteiger partial charge on any atom is 0.534 e. The average molecular weight is 709 g/mol. The van der Waals surface area contributed by atoms with Crippen LogP contribution in [0.2, 0.25) is 0 Å². The lowest BCUT2D eigenvalue weighted by Gasteiger charge is -2.38. The zero-order valence-electron chi connectivity index (χ0n) is 25.0. The Morgan fingerprint density at radius 2 is 1.74 bits per heavy atom. The van der Waals surface area contributed by atoms with E-state index in [1.165, 1.54) is 21.9 Å². The summed E-state index contributed by atoms with van der Waals surface area (Å²) >= 11 is 1.39. The number of hydrogen-bond acceptors (Lipinski definition) is 9. The summed E-state index contributed by atoms with van der Waals surface area (Å²) in [6, 6.07) is 1.81. The van der Waals surface area contributed by atoms with Crippen LogP contribution < -0.4 is 4.18 Å². The number of rotatable bonds is 5. The van der Waals surface area contributed by atoms with Gasteiger partial charge in [-0.1, -0.05) is 0 Å². The topological polar surface area (TPSA) is 104 Å². The van der Waals surface area contributed by atoms with Gasteiger partial charge in [0.2, 0.25) is 0 Å². The number of nitrogens with zero attached hydrogens (tertiary/aromatic N) is 4. The Morgan fingerprint density at radius 1 is 1.07 bits per heavy atom. The Hall–Kier alpha value is -3.51. The van der Waals surface area contributed by atoms with Crippen LogP contribution in [0.4, 0.5) is 31.1 Å². The molecule has 1 aromatic carbocycles. The standard InChI is InChI=1S/C28H26F6N4O5S3/c1-12-10-37(26(39)42-27(3,4)5)13(2)18-9-17(36-38(12)18)23-22(20-15(30)7-14(29)8-19(20)44-6)21-16(31)11-45-24(21)25(35-23)43-46(40,41)28(32,33)34/h7-9,11-13H,10H2,1-6H3/t12-,13+/m0/s1. The normalized spacial score (nSPS) is 17.3. The summed E-state index contributed by atoms with van der Waals surface area (Å²) in [6.07, 6.45) is 0.885. The Labute approximate surface area is 267 Å². The molecular formula is C28H26F6N4O5S3. The summed E-state index contributed by atoms with van der Waals surface area (Å²) in [5.74, 6) is -4.25. The summed E-state index contributed by atoms with van der Waals surface area (Å²) in [6.45, 7) is 8.66. The number of thioether (sulfide) groups is 1. The molecule has 1 aliphatic rings. The fraction of sp³-hybridized carbons (Fsp3) is 0.393. The van der Waals surface area contributed by atoms with Crippen LogP contribution in [-0.2, 0) is 14.9 Å². The fourth-order valence-electron chi connectivity index (χ4n) is 5.07. The zero-order chi connectivity index (χ0) is 34.1. The number of halogens is 6. The van der Waals surface area contributed by atoms with Crippen molar-refractivity contribution < 1.29 is 48.5 Å². The second-order valence-electron chi connectivity index (χ2n) is 11.4. The minimum Gasteiger partial charge on any atom is -0.444 e. The van der Waals surface area contributed by atoms with E-state index in [1.807, 2.05) is 0 Å². The summed E-state index contributed by atoms with van der Waals surface area (Å²) in [4.78, 5) is 18.5. The SMILES string of the molecule is CSc1cc(F)cc(F)c1-c1c(-c2cc3n(n2)[C@@H](C)CN(C(=O)OC(C)(C)C)[C@@H]3C)nc(OS(=O)(=O)C(F)(F)F)c2scc(F)c12. The van der Waals surface area contributed by atoms with Crippen molar-refractivity contribution in [2.45, 2.75) is 62.7 Å². The summed E-state index contributed by atoms with van der Waals surface area (Å²) in [5, 5.41) is 4.90. The minimum absolute atomic E-state index is 0.00848. The number of hydrogen-bond donors (Lipinski definition) is 0. The third-order valence-corrected chi connectivity index (χ3v) is 9.66. The molecule has 0 fully saturated rings. The van der Waals surface area contributed by atoms with Gasteiger partial charge in [0.25, 0.3) is 5.88 Å². The highest BCUT2D eigenvalue weighted by molar-refractivity contribution is 7.98. The van der Waals surface area contributed by atoms with E-state index in [-0.39, 0.29) is 28.3 Å². The molecule has 5 rings (SSSR count). The van der Waals surface area contributed by atoms with E-state index in [1.54, 1.807) is 34.6 Å². The molecule has 0 saturated carbocycles. The quantitative estimate of drug-likeness (QED) is 0.0888. The highest BCUT2D eigenvalue weighted by Gasteiger charge is 2.49. The smallest absolute Gasteiger partial charge is 0.444 e. The van der Waals surface area contributed by atoms with Crippen molar-refractivity contribution in [3.05, 3.63) is 46.7 Å². The van der Waals surface area contributed by atoms with Crippen molar-refractivity contribution >= 4 is 49.4 Å². The van der Waals surface area contributed by atoms with Gasteiger partial charge in [0, 0.05) is 39.4 Å². The maximum atomic E-state index is 15.6. The van der Waals surface area contributed by atoms with E-state index >= 15 is 8.78 Å². The van der Waals surface area contributed by atoms with Crippen LogP contribution in [0.25, 0.3) is 32.6 Å². The molecule has 2 atom stereocenters. The van der Waals surface area contributed by atoms with Crippen molar-refractivity contribution in [2.75, 3.05) is 12.8 Å². The summed E-state index contributed by atoms with van der Waals surface area (Å²) in [7, 11) is -6.28. The Kier molecular flexibility index (Phi) is 8.55. The second kappa shape index (κ2) is 11.6. The van der Waals surface area contributed by atoms with E-state index in [0.29, 0.717) is 23.1 Å². The minimum atomic E-state index is -6.28. The molecule has 1 aliphatic heterocycles. The molecule has 3 aromatic heterocycles. The molecule has 0 bridgehead atoms. The van der Waals surface area contributed by atoms with Crippen LogP contribution in [0.3, 0.4) is 0 Å². The molecular weight excluding hydrogens is 683 g/mol. The van der Waals surface area contributed by atoms with Crippen LogP contribution in [-0.4, -0.2) is 58.1 Å². The number of aromatic nitrogens is 3. The van der Waals surface area contributed by atoms with Gasteiger partial charge >= 0.3 is 21.7 Å². The van der Waals surface area contributed by atoms with Crippen molar-refractivity contribution in [1.29, 1.82) is 0 Å². The molecule has 0 N–H and O–H groups in total. The molecule has 0 saturated heterocycles. The Balaban J connectivity index is 1.81. The lowest BCUT2D eigenvalue weighted by molar-refractivity contribution is -0.0500. The number of benzene rings is 1. The fourth-order valence-corrected chi connectivity index (χ4v) is 7.02. The van der Waals surface area contributed by atoms with Gasteiger partial charge in [0.1, 0.15) is 39.1 Å². The number of thiophene rings is 1. The molecule has 0 unspecified atom stereocenters.